The molecule has 1 N–H and O–H groups in total. The van der Waals surface area contributed by atoms with E-state index in [1.54, 1.807) is 18.2 Å². The predicted molar refractivity (Wildman–Crippen MR) is 112 cm³/mol. The SMILES string of the molecule is CC(=O)N1c2ccc(S(=O)(=O)N3CCCCC3)cc2C[C@H]1C(=O)NCCC(C)C. The first-order valence-electron chi connectivity index (χ1n) is 10.4. The van der Waals surface area contributed by atoms with Crippen molar-refractivity contribution in [3.8, 4) is 0 Å². The lowest BCUT2D eigenvalue weighted by atomic mass is 10.1. The molecule has 0 radical (unpaired) electrons. The molecule has 29 heavy (non-hydrogen) atoms. The van der Waals surface area contributed by atoms with Crippen LogP contribution in [0.15, 0.2) is 23.1 Å². The Labute approximate surface area is 173 Å². The molecule has 2 aliphatic rings. The molecule has 0 unspecified atom stereocenters. The van der Waals surface area contributed by atoms with E-state index >= 15 is 0 Å². The molecule has 8 heteroatoms. The molecule has 1 saturated heterocycles. The van der Waals surface area contributed by atoms with Gasteiger partial charge in [-0.1, -0.05) is 20.3 Å². The van der Waals surface area contributed by atoms with Crippen LogP contribution in [0.1, 0.15) is 52.0 Å². The van der Waals surface area contributed by atoms with Crippen molar-refractivity contribution in [3.05, 3.63) is 23.8 Å². The van der Waals surface area contributed by atoms with Crippen LogP contribution in [0.4, 0.5) is 5.69 Å². The maximum Gasteiger partial charge on any atom is 0.243 e. The summed E-state index contributed by atoms with van der Waals surface area (Å²) in [5.41, 5.74) is 1.35. The molecule has 7 nitrogen and oxygen atoms in total. The van der Waals surface area contributed by atoms with E-state index in [4.69, 9.17) is 0 Å². The number of piperidine rings is 1. The summed E-state index contributed by atoms with van der Waals surface area (Å²) in [7, 11) is -3.55. The van der Waals surface area contributed by atoms with Crippen LogP contribution in [0.25, 0.3) is 0 Å². The zero-order valence-electron chi connectivity index (χ0n) is 17.5. The molecule has 2 amide bonds. The number of hydrogen-bond acceptors (Lipinski definition) is 4. The van der Waals surface area contributed by atoms with Gasteiger partial charge in [0.2, 0.25) is 21.8 Å². The summed E-state index contributed by atoms with van der Waals surface area (Å²) in [5.74, 6) is 0.0550. The Balaban J connectivity index is 1.83. The van der Waals surface area contributed by atoms with Crippen molar-refractivity contribution >= 4 is 27.5 Å². The van der Waals surface area contributed by atoms with E-state index in [2.05, 4.69) is 19.2 Å². The van der Waals surface area contributed by atoms with Gasteiger partial charge in [-0.05, 0) is 48.9 Å². The third-order valence-corrected chi connectivity index (χ3v) is 7.55. The minimum atomic E-state index is -3.55. The number of hydrogen-bond donors (Lipinski definition) is 1. The highest BCUT2D eigenvalue weighted by molar-refractivity contribution is 7.89. The largest absolute Gasteiger partial charge is 0.354 e. The fraction of sp³-hybridized carbons (Fsp3) is 0.619. The number of amides is 2. The standard InChI is InChI=1S/C21H31N3O4S/c1-15(2)9-10-22-21(26)20-14-17-13-18(7-8-19(17)24(20)16(3)25)29(27,28)23-11-5-4-6-12-23/h7-8,13,15,20H,4-6,9-12,14H2,1-3H3,(H,22,26)/t20-/m0/s1. The van der Waals surface area contributed by atoms with E-state index in [9.17, 15) is 18.0 Å². The first kappa shape index (κ1) is 21.8. The summed E-state index contributed by atoms with van der Waals surface area (Å²) in [6.07, 6.45) is 3.99. The smallest absolute Gasteiger partial charge is 0.243 e. The number of rotatable bonds is 6. The molecule has 3 rings (SSSR count). The van der Waals surface area contributed by atoms with Crippen LogP contribution >= 0.6 is 0 Å². The molecule has 160 valence electrons. The minimum absolute atomic E-state index is 0.197. The van der Waals surface area contributed by atoms with Crippen molar-refractivity contribution in [3.63, 3.8) is 0 Å². The summed E-state index contributed by atoms with van der Waals surface area (Å²) >= 11 is 0. The van der Waals surface area contributed by atoms with Crippen molar-refractivity contribution in [2.45, 2.75) is 63.8 Å². The van der Waals surface area contributed by atoms with Gasteiger partial charge in [-0.3, -0.25) is 14.5 Å². The molecule has 1 aromatic carbocycles. The predicted octanol–water partition coefficient (Wildman–Crippen LogP) is 2.30. The molecule has 1 fully saturated rings. The van der Waals surface area contributed by atoms with Crippen molar-refractivity contribution in [1.29, 1.82) is 0 Å². The molecule has 0 bridgehead atoms. The maximum absolute atomic E-state index is 13.0. The highest BCUT2D eigenvalue weighted by Gasteiger charge is 2.38. The van der Waals surface area contributed by atoms with Crippen molar-refractivity contribution in [2.24, 2.45) is 5.92 Å². The van der Waals surface area contributed by atoms with Crippen LogP contribution in [0, 0.1) is 5.92 Å². The molecule has 2 aliphatic heterocycles. The first-order valence-corrected chi connectivity index (χ1v) is 11.9. The van der Waals surface area contributed by atoms with E-state index in [-0.39, 0.29) is 16.7 Å². The van der Waals surface area contributed by atoms with Crippen molar-refractivity contribution in [2.75, 3.05) is 24.5 Å². The molecule has 0 aromatic heterocycles. The van der Waals surface area contributed by atoms with Crippen LogP contribution in [-0.2, 0) is 26.0 Å². The van der Waals surface area contributed by atoms with Gasteiger partial charge >= 0.3 is 0 Å². The van der Waals surface area contributed by atoms with Crippen molar-refractivity contribution < 1.29 is 18.0 Å². The quantitative estimate of drug-likeness (QED) is 0.764. The van der Waals surface area contributed by atoms with Gasteiger partial charge in [-0.25, -0.2) is 8.42 Å². The van der Waals surface area contributed by atoms with Gasteiger partial charge in [-0.2, -0.15) is 4.31 Å². The molecule has 1 atom stereocenters. The number of anilines is 1. The number of fused-ring (bicyclic) bond motifs is 1. The van der Waals surface area contributed by atoms with Crippen LogP contribution in [0.2, 0.25) is 0 Å². The first-order chi connectivity index (χ1) is 13.7. The Morgan fingerprint density at radius 2 is 1.86 bits per heavy atom. The lowest BCUT2D eigenvalue weighted by molar-refractivity contribution is -0.125. The zero-order valence-corrected chi connectivity index (χ0v) is 18.3. The summed E-state index contributed by atoms with van der Waals surface area (Å²) < 4.78 is 27.5. The molecular weight excluding hydrogens is 390 g/mol. The van der Waals surface area contributed by atoms with Crippen LogP contribution < -0.4 is 10.2 Å². The van der Waals surface area contributed by atoms with Gasteiger partial charge in [0.1, 0.15) is 6.04 Å². The molecule has 1 aromatic rings. The van der Waals surface area contributed by atoms with E-state index < -0.39 is 16.1 Å². The van der Waals surface area contributed by atoms with Crippen LogP contribution in [0.5, 0.6) is 0 Å². The van der Waals surface area contributed by atoms with E-state index in [0.717, 1.165) is 31.2 Å². The summed E-state index contributed by atoms with van der Waals surface area (Å²) in [5, 5.41) is 2.91. The van der Waals surface area contributed by atoms with Gasteiger partial charge in [0.05, 0.1) is 4.90 Å². The Bertz CT molecular complexity index is 876. The highest BCUT2D eigenvalue weighted by Crippen LogP contribution is 2.35. The van der Waals surface area contributed by atoms with Gasteiger partial charge in [0, 0.05) is 38.7 Å². The second-order valence-corrected chi connectivity index (χ2v) is 10.3. The number of carbonyl (C=O) groups is 2. The zero-order chi connectivity index (χ0) is 21.2. The number of benzene rings is 1. The van der Waals surface area contributed by atoms with Gasteiger partial charge < -0.3 is 5.32 Å². The molecule has 0 aliphatic carbocycles. The fourth-order valence-corrected chi connectivity index (χ4v) is 5.61. The van der Waals surface area contributed by atoms with Gasteiger partial charge in [0.25, 0.3) is 0 Å². The highest BCUT2D eigenvalue weighted by atomic mass is 32.2. The van der Waals surface area contributed by atoms with Crippen LogP contribution in [0.3, 0.4) is 0 Å². The van der Waals surface area contributed by atoms with Gasteiger partial charge in [-0.15, -0.1) is 0 Å². The average molecular weight is 422 g/mol. The third kappa shape index (κ3) is 4.64. The van der Waals surface area contributed by atoms with Gasteiger partial charge in [0.15, 0.2) is 0 Å². The minimum Gasteiger partial charge on any atom is -0.354 e. The summed E-state index contributed by atoms with van der Waals surface area (Å²) in [4.78, 5) is 26.7. The van der Waals surface area contributed by atoms with Crippen LogP contribution in [-0.4, -0.2) is 50.2 Å². The number of sulfonamides is 1. The van der Waals surface area contributed by atoms with Crippen molar-refractivity contribution in [1.82, 2.24) is 9.62 Å². The summed E-state index contributed by atoms with van der Waals surface area (Å²) in [6, 6.07) is 4.21. The Morgan fingerprint density at radius 1 is 1.17 bits per heavy atom. The van der Waals surface area contributed by atoms with E-state index in [1.165, 1.54) is 16.1 Å². The fourth-order valence-electron chi connectivity index (χ4n) is 4.04. The summed E-state index contributed by atoms with van der Waals surface area (Å²) in [6.45, 7) is 7.25. The maximum atomic E-state index is 13.0. The number of carbonyl (C=O) groups excluding carboxylic acids is 2. The molecule has 0 spiro atoms. The molecule has 2 heterocycles. The Morgan fingerprint density at radius 3 is 2.48 bits per heavy atom. The normalized spacial score (nSPS) is 20.0. The second-order valence-electron chi connectivity index (χ2n) is 8.34. The Kier molecular flexibility index (Phi) is 6.63. The monoisotopic (exact) mass is 421 g/mol. The lowest BCUT2D eigenvalue weighted by Crippen LogP contribution is -2.47. The molecular formula is C21H31N3O4S. The lowest BCUT2D eigenvalue weighted by Gasteiger charge is -2.26. The topological polar surface area (TPSA) is 86.8 Å². The number of nitrogens with zero attached hydrogens (tertiary/aromatic N) is 2. The molecule has 0 saturated carbocycles. The van der Waals surface area contributed by atoms with E-state index in [1.807, 2.05) is 0 Å². The number of nitrogens with one attached hydrogen (secondary N) is 1. The second kappa shape index (κ2) is 8.83. The Hall–Kier alpha value is -1.93. The average Bonchev–Trinajstić information content (AvgIpc) is 3.07. The third-order valence-electron chi connectivity index (χ3n) is 5.65. The van der Waals surface area contributed by atoms with E-state index in [0.29, 0.717) is 37.7 Å².